The van der Waals surface area contributed by atoms with E-state index in [0.29, 0.717) is 12.0 Å². The summed E-state index contributed by atoms with van der Waals surface area (Å²) in [6.07, 6.45) is 6.17. The van der Waals surface area contributed by atoms with Gasteiger partial charge in [0.05, 0.1) is 5.69 Å². The number of rotatable bonds is 5. The van der Waals surface area contributed by atoms with Crippen LogP contribution in [0.3, 0.4) is 0 Å². The molecule has 1 saturated heterocycles. The van der Waals surface area contributed by atoms with Crippen LogP contribution in [0.5, 0.6) is 0 Å². The molecule has 0 spiro atoms. The lowest BCUT2D eigenvalue weighted by Crippen LogP contribution is -2.35. The number of anilines is 1. The van der Waals surface area contributed by atoms with Crippen molar-refractivity contribution in [2.24, 2.45) is 0 Å². The van der Waals surface area contributed by atoms with Gasteiger partial charge in [-0.15, -0.1) is 11.3 Å². The highest BCUT2D eigenvalue weighted by molar-refractivity contribution is 7.96. The van der Waals surface area contributed by atoms with E-state index in [-0.39, 0.29) is 0 Å². The van der Waals surface area contributed by atoms with Gasteiger partial charge in [0.1, 0.15) is 10.7 Å². The van der Waals surface area contributed by atoms with Crippen LogP contribution in [0.15, 0.2) is 48.0 Å². The van der Waals surface area contributed by atoms with E-state index in [2.05, 4.69) is 43.4 Å². The van der Waals surface area contributed by atoms with Crippen LogP contribution in [-0.2, 0) is 0 Å². The molecule has 26 heavy (non-hydrogen) atoms. The molecule has 0 atom stereocenters. The Labute approximate surface area is 162 Å². The lowest BCUT2D eigenvalue weighted by Gasteiger charge is -2.30. The Balaban J connectivity index is 1.47. The van der Waals surface area contributed by atoms with E-state index >= 15 is 0 Å². The molecule has 0 bridgehead atoms. The number of aromatic nitrogens is 3. The summed E-state index contributed by atoms with van der Waals surface area (Å²) in [6.45, 7) is 2.20. The van der Waals surface area contributed by atoms with E-state index in [1.165, 1.54) is 0 Å². The third-order valence-corrected chi connectivity index (χ3v) is 6.26. The van der Waals surface area contributed by atoms with Crippen LogP contribution in [0, 0.1) is 0 Å². The fourth-order valence-corrected chi connectivity index (χ4v) is 4.44. The second-order valence-electron chi connectivity index (χ2n) is 6.20. The largest absolute Gasteiger partial charge is 0.351 e. The Morgan fingerprint density at radius 3 is 2.65 bits per heavy atom. The average molecular weight is 384 g/mol. The second kappa shape index (κ2) is 8.16. The zero-order chi connectivity index (χ0) is 17.8. The highest BCUT2D eigenvalue weighted by atomic mass is 32.2. The number of piperidine rings is 1. The van der Waals surface area contributed by atoms with Gasteiger partial charge in [0.15, 0.2) is 0 Å². The Morgan fingerprint density at radius 1 is 1.08 bits per heavy atom. The highest BCUT2D eigenvalue weighted by Gasteiger charge is 2.19. The van der Waals surface area contributed by atoms with Crippen molar-refractivity contribution in [1.82, 2.24) is 19.3 Å². The zero-order valence-electron chi connectivity index (χ0n) is 14.6. The molecule has 1 aromatic carbocycles. The highest BCUT2D eigenvalue weighted by Crippen LogP contribution is 2.28. The molecule has 7 heteroatoms. The fourth-order valence-electron chi connectivity index (χ4n) is 3.04. The summed E-state index contributed by atoms with van der Waals surface area (Å²) in [5.41, 5.74) is 2.90. The van der Waals surface area contributed by atoms with Crippen LogP contribution in [0.2, 0.25) is 0 Å². The molecule has 0 saturated carbocycles. The number of nitrogens with one attached hydrogen (secondary N) is 1. The first-order valence-corrected chi connectivity index (χ1v) is 10.8. The molecule has 4 rings (SSSR count). The first-order chi connectivity index (χ1) is 12.8. The molecule has 1 aliphatic rings. The van der Waals surface area contributed by atoms with Gasteiger partial charge < -0.3 is 5.32 Å². The van der Waals surface area contributed by atoms with E-state index in [0.717, 1.165) is 47.9 Å². The minimum absolute atomic E-state index is 0.434. The predicted molar refractivity (Wildman–Crippen MR) is 110 cm³/mol. The predicted octanol–water partition coefficient (Wildman–Crippen LogP) is 4.42. The molecule has 0 radical (unpaired) electrons. The average Bonchev–Trinajstić information content (AvgIpc) is 3.20. The van der Waals surface area contributed by atoms with Crippen molar-refractivity contribution in [3.8, 4) is 22.0 Å². The van der Waals surface area contributed by atoms with Gasteiger partial charge in [-0.1, -0.05) is 42.3 Å². The van der Waals surface area contributed by atoms with Crippen molar-refractivity contribution in [3.63, 3.8) is 0 Å². The van der Waals surface area contributed by atoms with Crippen LogP contribution >= 0.6 is 23.3 Å². The van der Waals surface area contributed by atoms with Gasteiger partial charge in [-0.05, 0) is 25.2 Å². The number of hydrogen-bond acceptors (Lipinski definition) is 7. The molecule has 3 aromatic rings. The third-order valence-electron chi connectivity index (χ3n) is 4.49. The maximum absolute atomic E-state index is 4.75. The van der Waals surface area contributed by atoms with Gasteiger partial charge in [-0.3, -0.25) is 4.31 Å². The molecule has 1 N–H and O–H groups in total. The van der Waals surface area contributed by atoms with Crippen molar-refractivity contribution < 1.29 is 0 Å². The normalized spacial score (nSPS) is 15.9. The Morgan fingerprint density at radius 2 is 1.88 bits per heavy atom. The number of hydrogen-bond donors (Lipinski definition) is 1. The van der Waals surface area contributed by atoms with Crippen molar-refractivity contribution in [3.05, 3.63) is 48.0 Å². The maximum Gasteiger partial charge on any atom is 0.223 e. The summed E-state index contributed by atoms with van der Waals surface area (Å²) < 4.78 is 2.40. The molecule has 5 nitrogen and oxygen atoms in total. The molecule has 1 fully saturated rings. The molecule has 134 valence electrons. The second-order valence-corrected chi connectivity index (χ2v) is 7.94. The van der Waals surface area contributed by atoms with Crippen LogP contribution < -0.4 is 5.32 Å². The van der Waals surface area contributed by atoms with Crippen LogP contribution in [0.25, 0.3) is 22.0 Å². The summed E-state index contributed by atoms with van der Waals surface area (Å²) >= 11 is 3.46. The molecule has 0 amide bonds. The summed E-state index contributed by atoms with van der Waals surface area (Å²) in [7, 11) is 0. The first-order valence-electron chi connectivity index (χ1n) is 8.72. The quantitative estimate of drug-likeness (QED) is 0.658. The zero-order valence-corrected chi connectivity index (χ0v) is 16.3. The SMILES string of the molecule is CSN1CCC(Nc2nccc(-c3csc(-c4ccccc4)n3)n2)CC1. The molecule has 3 heterocycles. The third kappa shape index (κ3) is 4.06. The molecule has 0 aliphatic carbocycles. The van der Waals surface area contributed by atoms with Gasteiger partial charge in [-0.2, -0.15) is 0 Å². The van der Waals surface area contributed by atoms with Crippen LogP contribution in [0.4, 0.5) is 5.95 Å². The molecular formula is C19H21N5S2. The molecule has 0 unspecified atom stereocenters. The number of thiazole rings is 1. The summed E-state index contributed by atoms with van der Waals surface area (Å²) in [5.74, 6) is 0.694. The summed E-state index contributed by atoms with van der Waals surface area (Å²) in [4.78, 5) is 13.8. The van der Waals surface area contributed by atoms with E-state index in [9.17, 15) is 0 Å². The van der Waals surface area contributed by atoms with Crippen molar-refractivity contribution in [2.75, 3.05) is 24.7 Å². The van der Waals surface area contributed by atoms with E-state index in [1.54, 1.807) is 11.3 Å². The smallest absolute Gasteiger partial charge is 0.223 e. The van der Waals surface area contributed by atoms with Gasteiger partial charge in [0, 0.05) is 36.3 Å². The first kappa shape index (κ1) is 17.5. The molecule has 1 aliphatic heterocycles. The van der Waals surface area contributed by atoms with Gasteiger partial charge in [-0.25, -0.2) is 15.0 Å². The summed E-state index contributed by atoms with van der Waals surface area (Å²) in [5, 5.41) is 6.56. The topological polar surface area (TPSA) is 53.9 Å². The van der Waals surface area contributed by atoms with Crippen molar-refractivity contribution in [1.29, 1.82) is 0 Å². The number of benzene rings is 1. The molecule has 2 aromatic heterocycles. The van der Waals surface area contributed by atoms with Crippen molar-refractivity contribution in [2.45, 2.75) is 18.9 Å². The Bertz CT molecular complexity index is 844. The minimum Gasteiger partial charge on any atom is -0.351 e. The van der Waals surface area contributed by atoms with E-state index < -0.39 is 0 Å². The minimum atomic E-state index is 0.434. The fraction of sp³-hybridized carbons (Fsp3) is 0.316. The van der Waals surface area contributed by atoms with E-state index in [1.807, 2.05) is 42.4 Å². The van der Waals surface area contributed by atoms with Gasteiger partial charge >= 0.3 is 0 Å². The Hall–Kier alpha value is -1.96. The Kier molecular flexibility index (Phi) is 5.48. The van der Waals surface area contributed by atoms with Crippen LogP contribution in [0.1, 0.15) is 12.8 Å². The summed E-state index contributed by atoms with van der Waals surface area (Å²) in [6, 6.07) is 12.6. The van der Waals surface area contributed by atoms with Crippen LogP contribution in [-0.4, -0.2) is 44.6 Å². The maximum atomic E-state index is 4.75. The van der Waals surface area contributed by atoms with Crippen molar-refractivity contribution >= 4 is 29.2 Å². The lowest BCUT2D eigenvalue weighted by molar-refractivity contribution is 0.358. The monoisotopic (exact) mass is 383 g/mol. The standard InChI is InChI=1S/C19H21N5S2/c1-25-24-11-8-15(9-12-24)21-19-20-10-7-16(23-19)17-13-26-18(22-17)14-5-3-2-4-6-14/h2-7,10,13,15H,8-9,11-12H2,1H3,(H,20,21,23). The van der Waals surface area contributed by atoms with Gasteiger partial charge in [0.2, 0.25) is 5.95 Å². The van der Waals surface area contributed by atoms with Gasteiger partial charge in [0.25, 0.3) is 0 Å². The number of nitrogens with zero attached hydrogens (tertiary/aromatic N) is 4. The van der Waals surface area contributed by atoms with E-state index in [4.69, 9.17) is 4.98 Å². The lowest BCUT2D eigenvalue weighted by atomic mass is 10.1. The molecular weight excluding hydrogens is 362 g/mol.